The molecule has 132 valence electrons. The fourth-order valence-electron chi connectivity index (χ4n) is 2.78. The average molecular weight is 375 g/mol. The fraction of sp³-hybridized carbons (Fsp3) is 0.571. The quantitative estimate of drug-likeness (QED) is 0.747. The summed E-state index contributed by atoms with van der Waals surface area (Å²) < 4.78 is 33.3. The summed E-state index contributed by atoms with van der Waals surface area (Å²) >= 11 is 6.01. The van der Waals surface area contributed by atoms with Gasteiger partial charge in [-0.05, 0) is 6.07 Å². The molecule has 0 spiro atoms. The Bertz CT molecular complexity index is 700. The number of aromatic nitrogens is 1. The lowest BCUT2D eigenvalue weighted by molar-refractivity contribution is 0.0636. The van der Waals surface area contributed by atoms with E-state index in [2.05, 4.69) is 4.98 Å². The third-order valence-electron chi connectivity index (χ3n) is 4.15. The van der Waals surface area contributed by atoms with Gasteiger partial charge in [0.2, 0.25) is 0 Å². The molecule has 1 amide bonds. The molecule has 8 nitrogen and oxygen atoms in total. The standard InChI is InChI=1S/C14H19ClN4O4S/c15-13-11-16-2-1-12(13)14(20)17-3-5-18(6-4-17)24(21,22)19-7-9-23-10-8-19/h1-2,11H,3-10H2. The minimum atomic E-state index is -3.49. The first kappa shape index (κ1) is 17.6. The lowest BCUT2D eigenvalue weighted by Crippen LogP contribution is -2.55. The molecule has 0 aromatic carbocycles. The number of nitrogens with zero attached hydrogens (tertiary/aromatic N) is 4. The number of carbonyl (C=O) groups excluding carboxylic acids is 1. The summed E-state index contributed by atoms with van der Waals surface area (Å²) in [5.41, 5.74) is 0.385. The Hall–Kier alpha value is -1.26. The van der Waals surface area contributed by atoms with Crippen molar-refractivity contribution in [2.24, 2.45) is 0 Å². The average Bonchev–Trinajstić information content (AvgIpc) is 2.62. The molecular formula is C14H19ClN4O4S. The van der Waals surface area contributed by atoms with Crippen molar-refractivity contribution < 1.29 is 17.9 Å². The molecule has 10 heteroatoms. The van der Waals surface area contributed by atoms with E-state index in [4.69, 9.17) is 16.3 Å². The van der Waals surface area contributed by atoms with Crippen molar-refractivity contribution in [2.75, 3.05) is 52.5 Å². The molecule has 0 unspecified atom stereocenters. The van der Waals surface area contributed by atoms with E-state index in [1.165, 1.54) is 21.0 Å². The number of ether oxygens (including phenoxy) is 1. The molecule has 1 aromatic heterocycles. The zero-order chi connectivity index (χ0) is 17.2. The van der Waals surface area contributed by atoms with Gasteiger partial charge in [0.1, 0.15) is 0 Å². The van der Waals surface area contributed by atoms with Crippen LogP contribution in [0, 0.1) is 0 Å². The van der Waals surface area contributed by atoms with E-state index >= 15 is 0 Å². The maximum Gasteiger partial charge on any atom is 0.282 e. The molecule has 0 bridgehead atoms. The van der Waals surface area contributed by atoms with Crippen LogP contribution in [-0.4, -0.2) is 85.3 Å². The van der Waals surface area contributed by atoms with Crippen molar-refractivity contribution in [1.82, 2.24) is 18.5 Å². The van der Waals surface area contributed by atoms with Crippen LogP contribution in [0.4, 0.5) is 0 Å². The highest BCUT2D eigenvalue weighted by Gasteiger charge is 2.34. The second-order valence-electron chi connectivity index (χ2n) is 5.57. The van der Waals surface area contributed by atoms with Gasteiger partial charge in [0.05, 0.1) is 23.8 Å². The topological polar surface area (TPSA) is 83.1 Å². The second kappa shape index (κ2) is 7.32. The van der Waals surface area contributed by atoms with Gasteiger partial charge in [-0.25, -0.2) is 0 Å². The smallest absolute Gasteiger partial charge is 0.282 e. The molecular weight excluding hydrogens is 356 g/mol. The van der Waals surface area contributed by atoms with Crippen molar-refractivity contribution >= 4 is 27.7 Å². The van der Waals surface area contributed by atoms with Crippen LogP contribution >= 0.6 is 11.6 Å². The molecule has 24 heavy (non-hydrogen) atoms. The molecule has 0 N–H and O–H groups in total. The molecule has 2 aliphatic rings. The fourth-order valence-corrected chi connectivity index (χ4v) is 4.54. The van der Waals surface area contributed by atoms with Gasteiger partial charge in [-0.2, -0.15) is 17.0 Å². The summed E-state index contributed by atoms with van der Waals surface area (Å²) in [7, 11) is -3.49. The number of carbonyl (C=O) groups is 1. The van der Waals surface area contributed by atoms with Crippen molar-refractivity contribution in [3.05, 3.63) is 29.0 Å². The summed E-state index contributed by atoms with van der Waals surface area (Å²) in [4.78, 5) is 18.0. The molecule has 2 fully saturated rings. The van der Waals surface area contributed by atoms with Gasteiger partial charge in [-0.15, -0.1) is 0 Å². The van der Waals surface area contributed by atoms with Gasteiger partial charge in [-0.1, -0.05) is 11.6 Å². The summed E-state index contributed by atoms with van der Waals surface area (Å²) in [6.07, 6.45) is 2.94. The van der Waals surface area contributed by atoms with Crippen LogP contribution in [0.2, 0.25) is 5.02 Å². The number of morpholine rings is 1. The number of amides is 1. The van der Waals surface area contributed by atoms with Crippen LogP contribution in [0.5, 0.6) is 0 Å². The van der Waals surface area contributed by atoms with E-state index in [0.29, 0.717) is 50.0 Å². The predicted octanol–water partition coefficient (Wildman–Crippen LogP) is 0.0698. The van der Waals surface area contributed by atoms with Gasteiger partial charge in [0, 0.05) is 51.7 Å². The molecule has 3 rings (SSSR count). The molecule has 0 atom stereocenters. The number of pyridine rings is 1. The Kier molecular flexibility index (Phi) is 5.36. The number of hydrogen-bond donors (Lipinski definition) is 0. The molecule has 2 aliphatic heterocycles. The summed E-state index contributed by atoms with van der Waals surface area (Å²) in [6.45, 7) is 2.78. The number of rotatable bonds is 3. The third kappa shape index (κ3) is 3.55. The second-order valence-corrected chi connectivity index (χ2v) is 7.90. The normalized spacial score (nSPS) is 21.0. The number of piperazine rings is 1. The van der Waals surface area contributed by atoms with Gasteiger partial charge in [0.15, 0.2) is 0 Å². The van der Waals surface area contributed by atoms with Gasteiger partial charge in [0.25, 0.3) is 16.1 Å². The molecule has 0 aliphatic carbocycles. The number of hydrogen-bond acceptors (Lipinski definition) is 5. The zero-order valence-electron chi connectivity index (χ0n) is 13.1. The molecule has 0 radical (unpaired) electrons. The highest BCUT2D eigenvalue weighted by Crippen LogP contribution is 2.19. The van der Waals surface area contributed by atoms with E-state index < -0.39 is 10.2 Å². The van der Waals surface area contributed by atoms with Crippen molar-refractivity contribution in [3.8, 4) is 0 Å². The summed E-state index contributed by atoms with van der Waals surface area (Å²) in [5, 5.41) is 0.297. The van der Waals surface area contributed by atoms with Crippen molar-refractivity contribution in [1.29, 1.82) is 0 Å². The van der Waals surface area contributed by atoms with Gasteiger partial charge >= 0.3 is 0 Å². The monoisotopic (exact) mass is 374 g/mol. The molecule has 0 saturated carbocycles. The largest absolute Gasteiger partial charge is 0.379 e. The first-order chi connectivity index (χ1) is 11.5. The van der Waals surface area contributed by atoms with E-state index in [1.807, 2.05) is 0 Å². The summed E-state index contributed by atoms with van der Waals surface area (Å²) in [6, 6.07) is 1.57. The van der Waals surface area contributed by atoms with Crippen LogP contribution in [0.15, 0.2) is 18.5 Å². The number of halogens is 1. The van der Waals surface area contributed by atoms with E-state index in [-0.39, 0.29) is 19.0 Å². The van der Waals surface area contributed by atoms with Crippen LogP contribution in [0.3, 0.4) is 0 Å². The van der Waals surface area contributed by atoms with Gasteiger partial charge in [-0.3, -0.25) is 9.78 Å². The predicted molar refractivity (Wildman–Crippen MR) is 88.0 cm³/mol. The Morgan fingerprint density at radius 3 is 2.33 bits per heavy atom. The molecule has 3 heterocycles. The maximum absolute atomic E-state index is 12.6. The van der Waals surface area contributed by atoms with Crippen molar-refractivity contribution in [3.63, 3.8) is 0 Å². The van der Waals surface area contributed by atoms with E-state index in [9.17, 15) is 13.2 Å². The first-order valence-corrected chi connectivity index (χ1v) is 9.49. The minimum Gasteiger partial charge on any atom is -0.379 e. The third-order valence-corrected chi connectivity index (χ3v) is 6.49. The Morgan fingerprint density at radius 2 is 1.71 bits per heavy atom. The first-order valence-electron chi connectivity index (χ1n) is 7.72. The minimum absolute atomic E-state index is 0.203. The van der Waals surface area contributed by atoms with E-state index in [0.717, 1.165) is 0 Å². The highest BCUT2D eigenvalue weighted by molar-refractivity contribution is 7.86. The van der Waals surface area contributed by atoms with Gasteiger partial charge < -0.3 is 9.64 Å². The highest BCUT2D eigenvalue weighted by atomic mass is 35.5. The zero-order valence-corrected chi connectivity index (χ0v) is 14.7. The lowest BCUT2D eigenvalue weighted by Gasteiger charge is -2.37. The van der Waals surface area contributed by atoms with Crippen molar-refractivity contribution in [2.45, 2.75) is 0 Å². The van der Waals surface area contributed by atoms with Crippen LogP contribution in [0.25, 0.3) is 0 Å². The van der Waals surface area contributed by atoms with Crippen LogP contribution in [-0.2, 0) is 14.9 Å². The Balaban J connectivity index is 1.63. The van der Waals surface area contributed by atoms with Crippen LogP contribution in [0.1, 0.15) is 10.4 Å². The Morgan fingerprint density at radius 1 is 1.08 bits per heavy atom. The Labute approximate surface area is 146 Å². The van der Waals surface area contributed by atoms with Crippen LogP contribution < -0.4 is 0 Å². The van der Waals surface area contributed by atoms with E-state index in [1.54, 1.807) is 11.0 Å². The summed E-state index contributed by atoms with van der Waals surface area (Å²) in [5.74, 6) is -0.203. The molecule has 2 saturated heterocycles. The molecule has 1 aromatic rings. The SMILES string of the molecule is O=C(c1ccncc1Cl)N1CCN(S(=O)(=O)N2CCOCC2)CC1. The lowest BCUT2D eigenvalue weighted by atomic mass is 10.2. The maximum atomic E-state index is 12.6.